The molecule has 1 aliphatic carbocycles. The fourth-order valence-corrected chi connectivity index (χ4v) is 2.19. The van der Waals surface area contributed by atoms with Gasteiger partial charge in [0.2, 0.25) is 5.92 Å². The monoisotopic (exact) mass is 226 g/mol. The summed E-state index contributed by atoms with van der Waals surface area (Å²) < 4.78 is 25.2. The van der Waals surface area contributed by atoms with Gasteiger partial charge in [-0.3, -0.25) is 0 Å². The third-order valence-corrected chi connectivity index (χ3v) is 2.81. The van der Waals surface area contributed by atoms with Crippen molar-refractivity contribution in [2.24, 2.45) is 5.92 Å². The molecule has 3 heteroatoms. The predicted octanol–water partition coefficient (Wildman–Crippen LogP) is 3.60. The van der Waals surface area contributed by atoms with Gasteiger partial charge in [0.25, 0.3) is 0 Å². The van der Waals surface area contributed by atoms with E-state index in [1.807, 2.05) is 0 Å². The van der Waals surface area contributed by atoms with E-state index in [9.17, 15) is 8.78 Å². The summed E-state index contributed by atoms with van der Waals surface area (Å²) in [5.41, 5.74) is 0. The van der Waals surface area contributed by atoms with Crippen molar-refractivity contribution in [1.82, 2.24) is 0 Å². The van der Waals surface area contributed by atoms with E-state index in [0.29, 0.717) is 18.8 Å². The molecule has 0 unspecified atom stereocenters. The van der Waals surface area contributed by atoms with E-state index < -0.39 is 5.92 Å². The minimum absolute atomic E-state index is 0.102. The Kier molecular flexibility index (Phi) is 3.29. The first-order valence-corrected chi connectivity index (χ1v) is 5.20. The first-order valence-electron chi connectivity index (χ1n) is 4.08. The Morgan fingerprint density at radius 3 is 2.27 bits per heavy atom. The molecule has 0 atom stereocenters. The lowest BCUT2D eigenvalue weighted by molar-refractivity contribution is -0.0458. The van der Waals surface area contributed by atoms with Crippen LogP contribution >= 0.6 is 15.9 Å². The van der Waals surface area contributed by atoms with Gasteiger partial charge in [-0.05, 0) is 25.2 Å². The van der Waals surface area contributed by atoms with Crippen LogP contribution in [0.5, 0.6) is 0 Å². The molecule has 0 aliphatic heterocycles. The molecule has 0 radical (unpaired) electrons. The highest BCUT2D eigenvalue weighted by molar-refractivity contribution is 9.09. The van der Waals surface area contributed by atoms with Crippen LogP contribution in [0.2, 0.25) is 0 Å². The Balaban J connectivity index is 2.25. The summed E-state index contributed by atoms with van der Waals surface area (Å²) in [6.45, 7) is 0. The van der Waals surface area contributed by atoms with Gasteiger partial charge in [0.05, 0.1) is 0 Å². The zero-order chi connectivity index (χ0) is 8.32. The van der Waals surface area contributed by atoms with Gasteiger partial charge < -0.3 is 0 Å². The quantitative estimate of drug-likeness (QED) is 0.632. The standard InChI is InChI=1S/C8H13BrF2/c9-6-3-7-1-4-8(10,11)5-2-7/h7H,1-6H2. The Hall–Kier alpha value is 0.340. The maximum Gasteiger partial charge on any atom is 0.248 e. The van der Waals surface area contributed by atoms with Crippen LogP contribution < -0.4 is 0 Å². The fourth-order valence-electron chi connectivity index (χ4n) is 1.54. The highest BCUT2D eigenvalue weighted by Gasteiger charge is 2.34. The van der Waals surface area contributed by atoms with Gasteiger partial charge in [-0.25, -0.2) is 8.78 Å². The molecule has 1 fully saturated rings. The number of hydrogen-bond donors (Lipinski definition) is 0. The van der Waals surface area contributed by atoms with Crippen molar-refractivity contribution in [3.8, 4) is 0 Å². The van der Waals surface area contributed by atoms with Gasteiger partial charge in [0, 0.05) is 18.2 Å². The summed E-state index contributed by atoms with van der Waals surface area (Å²) in [5, 5.41) is 0.948. The first-order chi connectivity index (χ1) is 5.14. The fraction of sp³-hybridized carbons (Fsp3) is 1.00. The van der Waals surface area contributed by atoms with Crippen LogP contribution in [0, 0.1) is 5.92 Å². The van der Waals surface area contributed by atoms with E-state index in [2.05, 4.69) is 15.9 Å². The largest absolute Gasteiger partial charge is 0.248 e. The van der Waals surface area contributed by atoms with Crippen molar-refractivity contribution in [1.29, 1.82) is 0 Å². The number of hydrogen-bond acceptors (Lipinski definition) is 0. The van der Waals surface area contributed by atoms with Crippen LogP contribution in [-0.2, 0) is 0 Å². The van der Waals surface area contributed by atoms with Crippen molar-refractivity contribution in [3.63, 3.8) is 0 Å². The summed E-state index contributed by atoms with van der Waals surface area (Å²) in [5.74, 6) is -1.82. The normalized spacial score (nSPS) is 25.4. The van der Waals surface area contributed by atoms with E-state index in [1.54, 1.807) is 0 Å². The van der Waals surface area contributed by atoms with E-state index >= 15 is 0 Å². The van der Waals surface area contributed by atoms with Crippen molar-refractivity contribution in [2.45, 2.75) is 38.0 Å². The zero-order valence-electron chi connectivity index (χ0n) is 6.45. The molecule has 0 bridgehead atoms. The minimum Gasteiger partial charge on any atom is -0.207 e. The lowest BCUT2D eigenvalue weighted by Crippen LogP contribution is -2.24. The lowest BCUT2D eigenvalue weighted by Gasteiger charge is -2.27. The second kappa shape index (κ2) is 3.83. The van der Waals surface area contributed by atoms with Crippen molar-refractivity contribution >= 4 is 15.9 Å². The van der Waals surface area contributed by atoms with Crippen LogP contribution in [0.4, 0.5) is 8.78 Å². The van der Waals surface area contributed by atoms with Gasteiger partial charge in [0.15, 0.2) is 0 Å². The maximum atomic E-state index is 12.6. The second-order valence-electron chi connectivity index (χ2n) is 3.28. The Morgan fingerprint density at radius 2 is 1.82 bits per heavy atom. The Bertz CT molecular complexity index is 115. The van der Waals surface area contributed by atoms with Crippen molar-refractivity contribution in [2.75, 3.05) is 5.33 Å². The number of rotatable bonds is 2. The topological polar surface area (TPSA) is 0 Å². The smallest absolute Gasteiger partial charge is 0.207 e. The van der Waals surface area contributed by atoms with Gasteiger partial charge in [-0.2, -0.15) is 0 Å². The van der Waals surface area contributed by atoms with Crippen LogP contribution in [0.25, 0.3) is 0 Å². The molecular weight excluding hydrogens is 214 g/mol. The molecule has 11 heavy (non-hydrogen) atoms. The molecule has 1 saturated carbocycles. The molecule has 0 spiro atoms. The van der Waals surface area contributed by atoms with Crippen molar-refractivity contribution in [3.05, 3.63) is 0 Å². The summed E-state index contributed by atoms with van der Waals surface area (Å²) in [6, 6.07) is 0. The minimum atomic E-state index is -2.36. The molecule has 1 aliphatic rings. The van der Waals surface area contributed by atoms with Crippen LogP contribution in [0.3, 0.4) is 0 Å². The second-order valence-corrected chi connectivity index (χ2v) is 4.07. The molecule has 0 heterocycles. The summed E-state index contributed by atoms with van der Waals surface area (Å²) in [4.78, 5) is 0. The van der Waals surface area contributed by atoms with Gasteiger partial charge in [-0.1, -0.05) is 15.9 Å². The van der Waals surface area contributed by atoms with E-state index in [0.717, 1.165) is 11.8 Å². The lowest BCUT2D eigenvalue weighted by atomic mass is 9.85. The number of halogens is 3. The molecular formula is C8H13BrF2. The molecule has 0 aromatic rings. The highest BCUT2D eigenvalue weighted by atomic mass is 79.9. The molecule has 0 aromatic heterocycles. The van der Waals surface area contributed by atoms with Gasteiger partial charge >= 0.3 is 0 Å². The van der Waals surface area contributed by atoms with Crippen LogP contribution in [0.15, 0.2) is 0 Å². The summed E-state index contributed by atoms with van der Waals surface area (Å²) >= 11 is 3.33. The SMILES string of the molecule is FC1(F)CCC(CCBr)CC1. The molecule has 66 valence electrons. The average molecular weight is 227 g/mol. The third kappa shape index (κ3) is 3.06. The Labute approximate surface area is 74.5 Å². The summed E-state index contributed by atoms with van der Waals surface area (Å²) in [6.07, 6.45) is 2.67. The van der Waals surface area contributed by atoms with E-state index in [4.69, 9.17) is 0 Å². The maximum absolute atomic E-state index is 12.6. The third-order valence-electron chi connectivity index (χ3n) is 2.35. The van der Waals surface area contributed by atoms with Crippen LogP contribution in [-0.4, -0.2) is 11.3 Å². The van der Waals surface area contributed by atoms with Crippen molar-refractivity contribution < 1.29 is 8.78 Å². The highest BCUT2D eigenvalue weighted by Crippen LogP contribution is 2.37. The Morgan fingerprint density at radius 1 is 1.27 bits per heavy atom. The molecule has 0 amide bonds. The average Bonchev–Trinajstić information content (AvgIpc) is 1.94. The predicted molar refractivity (Wildman–Crippen MR) is 45.3 cm³/mol. The summed E-state index contributed by atoms with van der Waals surface area (Å²) in [7, 11) is 0. The number of alkyl halides is 3. The zero-order valence-corrected chi connectivity index (χ0v) is 8.04. The van der Waals surface area contributed by atoms with E-state index in [-0.39, 0.29) is 12.8 Å². The molecule has 0 nitrogen and oxygen atoms in total. The van der Waals surface area contributed by atoms with Crippen LogP contribution in [0.1, 0.15) is 32.1 Å². The molecule has 1 rings (SSSR count). The van der Waals surface area contributed by atoms with Gasteiger partial charge in [-0.15, -0.1) is 0 Å². The molecule has 0 saturated heterocycles. The molecule has 0 N–H and O–H groups in total. The first kappa shape index (κ1) is 9.43. The molecule has 0 aromatic carbocycles. The van der Waals surface area contributed by atoms with E-state index in [1.165, 1.54) is 0 Å². The van der Waals surface area contributed by atoms with Gasteiger partial charge in [0.1, 0.15) is 0 Å².